The molecule has 4 N–H and O–H groups in total. The van der Waals surface area contributed by atoms with Crippen LogP contribution in [0, 0.1) is 0 Å². The topological polar surface area (TPSA) is 186 Å². The number of carbonyl (C=O) groups is 2. The number of hydrogen-bond acceptors (Lipinski definition) is 11. The van der Waals surface area contributed by atoms with Gasteiger partial charge in [-0.3, -0.25) is 14.1 Å². The van der Waals surface area contributed by atoms with E-state index < -0.39 is 71.2 Å². The Labute approximate surface area is 363 Å². The van der Waals surface area contributed by atoms with Crippen LogP contribution in [0.4, 0.5) is 0 Å². The smallest absolute Gasteiger partial charge is 0.306 e. The highest BCUT2D eigenvalue weighted by molar-refractivity contribution is 7.85. The van der Waals surface area contributed by atoms with Gasteiger partial charge in [0.1, 0.15) is 36.8 Å². The van der Waals surface area contributed by atoms with Gasteiger partial charge in [0.2, 0.25) is 0 Å². The molecule has 1 rings (SSSR count). The summed E-state index contributed by atoms with van der Waals surface area (Å²) in [7, 11) is -4.60. The van der Waals surface area contributed by atoms with Gasteiger partial charge in [0.15, 0.2) is 12.4 Å². The van der Waals surface area contributed by atoms with Crippen molar-refractivity contribution in [3.8, 4) is 0 Å². The minimum absolute atomic E-state index is 0.145. The fourth-order valence-corrected chi connectivity index (χ4v) is 7.75. The van der Waals surface area contributed by atoms with Gasteiger partial charge in [0.05, 0.1) is 6.61 Å². The number of aliphatic hydroxyl groups is 3. The van der Waals surface area contributed by atoms with Crippen molar-refractivity contribution in [2.24, 2.45) is 0 Å². The van der Waals surface area contributed by atoms with Crippen LogP contribution in [0.3, 0.4) is 0 Å². The van der Waals surface area contributed by atoms with E-state index >= 15 is 0 Å². The molecule has 0 aromatic heterocycles. The summed E-state index contributed by atoms with van der Waals surface area (Å²) in [5.41, 5.74) is 3.28. The van der Waals surface area contributed by atoms with Gasteiger partial charge in [-0.05, 0) is 76.4 Å². The van der Waals surface area contributed by atoms with Crippen LogP contribution in [-0.4, -0.2) is 96.0 Å². The van der Waals surface area contributed by atoms with Crippen LogP contribution < -0.4 is 0 Å². The van der Waals surface area contributed by atoms with Crippen molar-refractivity contribution < 1.29 is 56.8 Å². The monoisotopic (exact) mass is 873 g/mol. The number of esters is 2. The summed E-state index contributed by atoms with van der Waals surface area (Å²) in [6, 6.07) is 0. The molecule has 0 amide bonds. The van der Waals surface area contributed by atoms with Crippen molar-refractivity contribution >= 4 is 22.1 Å². The lowest BCUT2D eigenvalue weighted by atomic mass is 10.00. The van der Waals surface area contributed by atoms with Gasteiger partial charge >= 0.3 is 11.9 Å². The Morgan fingerprint density at radius 3 is 1.57 bits per heavy atom. The summed E-state index contributed by atoms with van der Waals surface area (Å²) in [6.07, 6.45) is 30.0. The molecule has 0 radical (unpaired) electrons. The van der Waals surface area contributed by atoms with E-state index in [4.69, 9.17) is 18.9 Å². The van der Waals surface area contributed by atoms with Gasteiger partial charge in [0.25, 0.3) is 10.1 Å². The first-order valence-electron chi connectivity index (χ1n) is 23.6. The molecule has 0 aliphatic carbocycles. The third-order valence-electron chi connectivity index (χ3n) is 10.8. The van der Waals surface area contributed by atoms with Gasteiger partial charge in [-0.15, -0.1) is 5.73 Å². The lowest BCUT2D eigenvalue weighted by Crippen LogP contribution is -2.60. The zero-order valence-electron chi connectivity index (χ0n) is 37.4. The maximum atomic E-state index is 12.8. The number of allylic oxidation sites excluding steroid dienone is 3. The van der Waals surface area contributed by atoms with Gasteiger partial charge in [-0.1, -0.05) is 135 Å². The second-order valence-electron chi connectivity index (χ2n) is 16.5. The first-order chi connectivity index (χ1) is 29.0. The molecule has 1 heterocycles. The highest BCUT2D eigenvalue weighted by atomic mass is 32.2. The summed E-state index contributed by atoms with van der Waals surface area (Å²) in [6.45, 7) is 3.72. The zero-order valence-corrected chi connectivity index (χ0v) is 38.2. The van der Waals surface area contributed by atoms with E-state index in [1.54, 1.807) is 0 Å². The quantitative estimate of drug-likeness (QED) is 0.0151. The predicted molar refractivity (Wildman–Crippen MR) is 237 cm³/mol. The van der Waals surface area contributed by atoms with Crippen LogP contribution in [0.5, 0.6) is 0 Å². The summed E-state index contributed by atoms with van der Waals surface area (Å²) in [4.78, 5) is 25.4. The molecule has 0 saturated carbocycles. The molecule has 60 heavy (non-hydrogen) atoms. The standard InChI is InChI=1S/C47H84O12S/c1-3-5-7-9-11-13-15-17-19-20-22-23-25-27-29-31-33-35-42(48)56-37-40(38-57-47-46(52)45(51)44(50)41(59-47)39-60(53,54)55)58-43(49)36-34-32-30-28-26-24-21-18-16-14-12-10-8-6-4-2/h13,15-16,21,40-41,44-47,50-52H,3-12,14,17,19-20,22-39H2,1-2H3,(H,53,54,55)/b15-13+/t18?,40-,41-,44-,45?,46?,47+/m1/s1. The molecule has 1 aliphatic rings. The van der Waals surface area contributed by atoms with Crippen LogP contribution in [0.1, 0.15) is 200 Å². The molecule has 6 atom stereocenters. The minimum Gasteiger partial charge on any atom is -0.462 e. The van der Waals surface area contributed by atoms with E-state index in [0.717, 1.165) is 57.8 Å². The van der Waals surface area contributed by atoms with Crippen molar-refractivity contribution in [1.82, 2.24) is 0 Å². The molecule has 1 fully saturated rings. The lowest BCUT2D eigenvalue weighted by Gasteiger charge is -2.40. The molecule has 2 unspecified atom stereocenters. The lowest BCUT2D eigenvalue weighted by molar-refractivity contribution is -0.297. The van der Waals surface area contributed by atoms with Gasteiger partial charge < -0.3 is 34.3 Å². The zero-order chi connectivity index (χ0) is 44.1. The largest absolute Gasteiger partial charge is 0.462 e. The number of hydrogen-bond donors (Lipinski definition) is 4. The molecule has 0 aromatic carbocycles. The second kappa shape index (κ2) is 37.5. The average Bonchev–Trinajstić information content (AvgIpc) is 3.21. The van der Waals surface area contributed by atoms with E-state index in [0.29, 0.717) is 12.8 Å². The number of ether oxygens (including phenoxy) is 4. The Morgan fingerprint density at radius 2 is 1.05 bits per heavy atom. The molecule has 1 saturated heterocycles. The SMILES string of the molecule is CCCCCC/C=C/CCCCCCCCCCCC(=O)OC[C@H](CO[C@H]1O[C@H](CS(=O)(=O)O)[C@@H](O)C(O)C1O)OC(=O)CCCCCCCC=C=CCCCCCCC. The summed E-state index contributed by atoms with van der Waals surface area (Å²) < 4.78 is 54.1. The summed E-state index contributed by atoms with van der Waals surface area (Å²) in [5, 5.41) is 30.9. The van der Waals surface area contributed by atoms with E-state index in [-0.39, 0.29) is 19.4 Å². The molecule has 13 heteroatoms. The van der Waals surface area contributed by atoms with Crippen molar-refractivity contribution in [1.29, 1.82) is 0 Å². The van der Waals surface area contributed by atoms with Crippen LogP contribution >= 0.6 is 0 Å². The first kappa shape index (κ1) is 55.9. The maximum absolute atomic E-state index is 12.8. The van der Waals surface area contributed by atoms with Crippen molar-refractivity contribution in [2.75, 3.05) is 19.0 Å². The van der Waals surface area contributed by atoms with Crippen molar-refractivity contribution in [3.63, 3.8) is 0 Å². The molecule has 0 spiro atoms. The number of aliphatic hydroxyl groups excluding tert-OH is 3. The Morgan fingerprint density at radius 1 is 0.600 bits per heavy atom. The van der Waals surface area contributed by atoms with Crippen molar-refractivity contribution in [2.45, 2.75) is 237 Å². The van der Waals surface area contributed by atoms with Gasteiger partial charge in [-0.25, -0.2) is 0 Å². The molecule has 1 aliphatic heterocycles. The minimum atomic E-state index is -4.60. The predicted octanol–water partition coefficient (Wildman–Crippen LogP) is 9.77. The van der Waals surface area contributed by atoms with E-state index in [9.17, 15) is 37.9 Å². The van der Waals surface area contributed by atoms with Crippen LogP contribution in [-0.2, 0) is 38.7 Å². The Hall–Kier alpha value is -2.09. The second-order valence-corrected chi connectivity index (χ2v) is 18.0. The number of unbranched alkanes of at least 4 members (excludes halogenated alkanes) is 23. The van der Waals surface area contributed by atoms with Gasteiger partial charge in [0, 0.05) is 12.8 Å². The molecule has 350 valence electrons. The van der Waals surface area contributed by atoms with E-state index in [1.165, 1.54) is 103 Å². The Balaban J connectivity index is 2.44. The fourth-order valence-electron chi connectivity index (χ4n) is 7.06. The van der Waals surface area contributed by atoms with Crippen LogP contribution in [0.2, 0.25) is 0 Å². The summed E-state index contributed by atoms with van der Waals surface area (Å²) >= 11 is 0. The highest BCUT2D eigenvalue weighted by Gasteiger charge is 2.46. The van der Waals surface area contributed by atoms with Crippen molar-refractivity contribution in [3.05, 3.63) is 30.0 Å². The fraction of sp³-hybridized carbons (Fsp3) is 0.851. The number of carbonyl (C=O) groups excluding carboxylic acids is 2. The third-order valence-corrected chi connectivity index (χ3v) is 11.5. The van der Waals surface area contributed by atoms with E-state index in [2.05, 4.69) is 43.9 Å². The molecule has 0 aromatic rings. The highest BCUT2D eigenvalue weighted by Crippen LogP contribution is 2.24. The maximum Gasteiger partial charge on any atom is 0.306 e. The van der Waals surface area contributed by atoms with E-state index in [1.807, 2.05) is 0 Å². The molecule has 0 bridgehead atoms. The summed E-state index contributed by atoms with van der Waals surface area (Å²) in [5.74, 6) is -2.00. The Kier molecular flexibility index (Phi) is 34.9. The molecular weight excluding hydrogens is 789 g/mol. The van der Waals surface area contributed by atoms with Crippen LogP contribution in [0.25, 0.3) is 0 Å². The first-order valence-corrected chi connectivity index (χ1v) is 25.2. The molecule has 12 nitrogen and oxygen atoms in total. The van der Waals surface area contributed by atoms with Gasteiger partial charge in [-0.2, -0.15) is 8.42 Å². The molecular formula is C47H84O12S. The third kappa shape index (κ3) is 31.7. The normalized spacial score (nSPS) is 19.9. The number of rotatable bonds is 39. The average molecular weight is 873 g/mol. The Bertz CT molecular complexity index is 1260. The van der Waals surface area contributed by atoms with Crippen LogP contribution in [0.15, 0.2) is 30.0 Å².